The number of ether oxygens (including phenoxy) is 1. The minimum absolute atomic E-state index is 0.00741. The van der Waals surface area contributed by atoms with Gasteiger partial charge in [0, 0.05) is 37.8 Å². The van der Waals surface area contributed by atoms with Crippen molar-refractivity contribution in [2.75, 3.05) is 32.5 Å². The molecule has 0 amide bonds. The van der Waals surface area contributed by atoms with Crippen LogP contribution in [0.1, 0.15) is 19.4 Å². The molecule has 1 aliphatic heterocycles. The predicted octanol–water partition coefficient (Wildman–Crippen LogP) is 1.55. The lowest BCUT2D eigenvalue weighted by Gasteiger charge is -2.38. The molecule has 1 unspecified atom stereocenters. The SMILES string of the molecule is CCOc1ccccc1CN1CCN(S(C)(=O)=O)C(C)C1. The molecule has 0 saturated carbocycles. The van der Waals surface area contributed by atoms with Gasteiger partial charge in [-0.2, -0.15) is 4.31 Å². The molecule has 0 N–H and O–H groups in total. The van der Waals surface area contributed by atoms with E-state index in [0.717, 1.165) is 30.9 Å². The van der Waals surface area contributed by atoms with Crippen LogP contribution in [0.4, 0.5) is 0 Å². The van der Waals surface area contributed by atoms with Crippen LogP contribution in [-0.2, 0) is 16.6 Å². The maximum atomic E-state index is 11.7. The lowest BCUT2D eigenvalue weighted by Crippen LogP contribution is -2.53. The molecule has 5 nitrogen and oxygen atoms in total. The number of hydrogen-bond donors (Lipinski definition) is 0. The fourth-order valence-electron chi connectivity index (χ4n) is 2.82. The molecule has 0 radical (unpaired) electrons. The number of piperazine rings is 1. The molecule has 118 valence electrons. The minimum atomic E-state index is -3.11. The molecule has 1 saturated heterocycles. The summed E-state index contributed by atoms with van der Waals surface area (Å²) in [6.45, 7) is 7.42. The van der Waals surface area contributed by atoms with E-state index in [1.54, 1.807) is 4.31 Å². The van der Waals surface area contributed by atoms with Crippen LogP contribution in [0.25, 0.3) is 0 Å². The van der Waals surface area contributed by atoms with Crippen molar-refractivity contribution < 1.29 is 13.2 Å². The third kappa shape index (κ3) is 4.18. The summed E-state index contributed by atoms with van der Waals surface area (Å²) in [5, 5.41) is 0. The Balaban J connectivity index is 2.03. The van der Waals surface area contributed by atoms with Crippen LogP contribution in [0.2, 0.25) is 0 Å². The van der Waals surface area contributed by atoms with Crippen molar-refractivity contribution in [2.24, 2.45) is 0 Å². The van der Waals surface area contributed by atoms with E-state index in [0.29, 0.717) is 13.2 Å². The molecule has 1 aliphatic rings. The third-order valence-electron chi connectivity index (χ3n) is 3.74. The number of sulfonamides is 1. The van der Waals surface area contributed by atoms with E-state index in [4.69, 9.17) is 4.74 Å². The maximum Gasteiger partial charge on any atom is 0.211 e. The largest absolute Gasteiger partial charge is 0.494 e. The summed E-state index contributed by atoms with van der Waals surface area (Å²) in [6, 6.07) is 8.04. The van der Waals surface area contributed by atoms with Gasteiger partial charge in [0.25, 0.3) is 0 Å². The Bertz CT molecular complexity index is 574. The first-order valence-electron chi connectivity index (χ1n) is 7.31. The highest BCUT2D eigenvalue weighted by Gasteiger charge is 2.29. The summed E-state index contributed by atoms with van der Waals surface area (Å²) in [5.41, 5.74) is 1.15. The Hall–Kier alpha value is -1.11. The van der Waals surface area contributed by atoms with Gasteiger partial charge in [-0.05, 0) is 19.9 Å². The Labute approximate surface area is 127 Å². The topological polar surface area (TPSA) is 49.9 Å². The van der Waals surface area contributed by atoms with Crippen molar-refractivity contribution in [3.05, 3.63) is 29.8 Å². The number of nitrogens with zero attached hydrogens (tertiary/aromatic N) is 2. The molecule has 0 bridgehead atoms. The quantitative estimate of drug-likeness (QED) is 0.828. The van der Waals surface area contributed by atoms with Crippen molar-refractivity contribution in [1.29, 1.82) is 0 Å². The van der Waals surface area contributed by atoms with Crippen LogP contribution in [-0.4, -0.2) is 56.2 Å². The summed E-state index contributed by atoms with van der Waals surface area (Å²) in [6.07, 6.45) is 1.28. The van der Waals surface area contributed by atoms with Gasteiger partial charge in [-0.25, -0.2) is 8.42 Å². The van der Waals surface area contributed by atoms with Gasteiger partial charge >= 0.3 is 0 Å². The summed E-state index contributed by atoms with van der Waals surface area (Å²) in [4.78, 5) is 2.28. The Morgan fingerprint density at radius 3 is 2.62 bits per heavy atom. The minimum Gasteiger partial charge on any atom is -0.494 e. The van der Waals surface area contributed by atoms with Gasteiger partial charge < -0.3 is 4.74 Å². The molecule has 0 spiro atoms. The van der Waals surface area contributed by atoms with Crippen LogP contribution in [0.5, 0.6) is 5.75 Å². The Morgan fingerprint density at radius 2 is 2.00 bits per heavy atom. The molecule has 1 fully saturated rings. The molecule has 1 heterocycles. The number of benzene rings is 1. The normalized spacial score (nSPS) is 21.4. The lowest BCUT2D eigenvalue weighted by molar-refractivity contribution is 0.137. The Kier molecular flexibility index (Phi) is 5.24. The van der Waals surface area contributed by atoms with E-state index >= 15 is 0 Å². The average molecular weight is 312 g/mol. The summed E-state index contributed by atoms with van der Waals surface area (Å²) in [7, 11) is -3.11. The Morgan fingerprint density at radius 1 is 1.29 bits per heavy atom. The van der Waals surface area contributed by atoms with E-state index in [-0.39, 0.29) is 6.04 Å². The molecule has 0 aliphatic carbocycles. The average Bonchev–Trinajstić information content (AvgIpc) is 2.40. The van der Waals surface area contributed by atoms with Crippen LogP contribution in [0, 0.1) is 0 Å². The summed E-state index contributed by atoms with van der Waals surface area (Å²) in [5.74, 6) is 0.915. The van der Waals surface area contributed by atoms with Crippen LogP contribution in [0.3, 0.4) is 0 Å². The highest BCUT2D eigenvalue weighted by molar-refractivity contribution is 7.88. The second-order valence-corrected chi connectivity index (χ2v) is 7.43. The molecule has 21 heavy (non-hydrogen) atoms. The van der Waals surface area contributed by atoms with Gasteiger partial charge in [0.15, 0.2) is 0 Å². The summed E-state index contributed by atoms with van der Waals surface area (Å²) < 4.78 is 30.6. The van der Waals surface area contributed by atoms with E-state index in [1.807, 2.05) is 32.0 Å². The van der Waals surface area contributed by atoms with Gasteiger partial charge in [-0.1, -0.05) is 18.2 Å². The zero-order chi connectivity index (χ0) is 15.5. The number of hydrogen-bond acceptors (Lipinski definition) is 4. The van der Waals surface area contributed by atoms with Crippen molar-refractivity contribution in [1.82, 2.24) is 9.21 Å². The van der Waals surface area contributed by atoms with Crippen molar-refractivity contribution >= 4 is 10.0 Å². The first kappa shape index (κ1) is 16.3. The van der Waals surface area contributed by atoms with E-state index in [2.05, 4.69) is 11.0 Å². The highest BCUT2D eigenvalue weighted by Crippen LogP contribution is 2.22. The molecule has 1 aromatic rings. The van der Waals surface area contributed by atoms with Crippen LogP contribution < -0.4 is 4.74 Å². The smallest absolute Gasteiger partial charge is 0.211 e. The standard InChI is InChI=1S/C15H24N2O3S/c1-4-20-15-8-6-5-7-14(15)12-16-9-10-17(13(2)11-16)21(3,18)19/h5-8,13H,4,9-12H2,1-3H3. The molecular weight excluding hydrogens is 288 g/mol. The van der Waals surface area contributed by atoms with Crippen LogP contribution in [0.15, 0.2) is 24.3 Å². The van der Waals surface area contributed by atoms with Crippen molar-refractivity contribution in [3.63, 3.8) is 0 Å². The van der Waals surface area contributed by atoms with E-state index < -0.39 is 10.0 Å². The highest BCUT2D eigenvalue weighted by atomic mass is 32.2. The van der Waals surface area contributed by atoms with Gasteiger partial charge in [0.05, 0.1) is 12.9 Å². The lowest BCUT2D eigenvalue weighted by atomic mass is 10.1. The van der Waals surface area contributed by atoms with Crippen LogP contribution >= 0.6 is 0 Å². The van der Waals surface area contributed by atoms with Gasteiger partial charge in [0.1, 0.15) is 5.75 Å². The third-order valence-corrected chi connectivity index (χ3v) is 5.14. The number of rotatable bonds is 5. The summed E-state index contributed by atoms with van der Waals surface area (Å²) >= 11 is 0. The maximum absolute atomic E-state index is 11.7. The molecule has 1 atom stereocenters. The molecule has 0 aromatic heterocycles. The number of para-hydroxylation sites is 1. The fraction of sp³-hybridized carbons (Fsp3) is 0.600. The molecule has 1 aromatic carbocycles. The first-order chi connectivity index (χ1) is 9.91. The zero-order valence-electron chi connectivity index (χ0n) is 12.9. The molecule has 6 heteroatoms. The zero-order valence-corrected chi connectivity index (χ0v) is 13.8. The molecular formula is C15H24N2O3S. The second-order valence-electron chi connectivity index (χ2n) is 5.50. The van der Waals surface area contributed by atoms with Gasteiger partial charge in [-0.3, -0.25) is 4.90 Å². The molecule has 2 rings (SSSR count). The van der Waals surface area contributed by atoms with Gasteiger partial charge in [-0.15, -0.1) is 0 Å². The monoisotopic (exact) mass is 312 g/mol. The van der Waals surface area contributed by atoms with Crippen molar-refractivity contribution in [3.8, 4) is 5.75 Å². The second kappa shape index (κ2) is 6.77. The first-order valence-corrected chi connectivity index (χ1v) is 9.16. The fourth-order valence-corrected chi connectivity index (χ4v) is 3.96. The van der Waals surface area contributed by atoms with Gasteiger partial charge in [0.2, 0.25) is 10.0 Å². The van der Waals surface area contributed by atoms with Crippen molar-refractivity contribution in [2.45, 2.75) is 26.4 Å². The van der Waals surface area contributed by atoms with E-state index in [1.165, 1.54) is 6.26 Å². The predicted molar refractivity (Wildman–Crippen MR) is 83.9 cm³/mol. The van der Waals surface area contributed by atoms with E-state index in [9.17, 15) is 8.42 Å².